The lowest BCUT2D eigenvalue weighted by atomic mass is 9.80. The van der Waals surface area contributed by atoms with Crippen LogP contribution in [0.1, 0.15) is 25.0 Å². The molecule has 1 heteroatoms. The van der Waals surface area contributed by atoms with E-state index in [4.69, 9.17) is 0 Å². The lowest BCUT2D eigenvalue weighted by Crippen LogP contribution is -2.15. The van der Waals surface area contributed by atoms with Gasteiger partial charge in [-0.2, -0.15) is 0 Å². The molecule has 60 heavy (non-hydrogen) atoms. The molecule has 0 bridgehead atoms. The normalized spacial score (nSPS) is 13.3. The highest BCUT2D eigenvalue weighted by molar-refractivity contribution is 7.26. The van der Waals surface area contributed by atoms with Crippen molar-refractivity contribution in [3.8, 4) is 44.5 Å². The summed E-state index contributed by atoms with van der Waals surface area (Å²) in [5.74, 6) is 0. The Bertz CT molecular complexity index is 3750. The molecule has 1 aromatic heterocycles. The number of rotatable bonds is 3. The maximum Gasteiger partial charge on any atom is 0.0368 e. The highest BCUT2D eigenvalue weighted by atomic mass is 32.1. The van der Waals surface area contributed by atoms with Gasteiger partial charge in [0, 0.05) is 25.6 Å². The molecule has 1 heterocycles. The van der Waals surface area contributed by atoms with Crippen LogP contribution in [0.4, 0.5) is 0 Å². The Hall–Kier alpha value is -7.06. The van der Waals surface area contributed by atoms with Crippen molar-refractivity contribution in [3.05, 3.63) is 205 Å². The third-order valence-electron chi connectivity index (χ3n) is 13.6. The molecule has 12 aromatic rings. The Morgan fingerprint density at radius 3 is 1.50 bits per heavy atom. The first-order chi connectivity index (χ1) is 29.5. The molecule has 13 rings (SSSR count). The van der Waals surface area contributed by atoms with Crippen molar-refractivity contribution in [2.45, 2.75) is 19.3 Å². The molecule has 0 aliphatic heterocycles. The van der Waals surface area contributed by atoms with Gasteiger partial charge in [0.25, 0.3) is 0 Å². The molecule has 0 spiro atoms. The number of fused-ring (bicyclic) bond motifs is 13. The number of benzene rings is 11. The van der Waals surface area contributed by atoms with Crippen LogP contribution in [0.3, 0.4) is 0 Å². The van der Waals surface area contributed by atoms with E-state index in [1.54, 1.807) is 0 Å². The minimum Gasteiger partial charge on any atom is -0.135 e. The molecule has 0 amide bonds. The average Bonchev–Trinajstić information content (AvgIpc) is 3.79. The number of hydrogen-bond donors (Lipinski definition) is 0. The minimum atomic E-state index is -0.0751. The molecule has 0 fully saturated rings. The maximum atomic E-state index is 2.47. The molecule has 1 aliphatic rings. The van der Waals surface area contributed by atoms with Crippen molar-refractivity contribution < 1.29 is 0 Å². The van der Waals surface area contributed by atoms with E-state index < -0.39 is 0 Å². The van der Waals surface area contributed by atoms with E-state index in [-0.39, 0.29) is 5.41 Å². The van der Waals surface area contributed by atoms with Gasteiger partial charge in [0.15, 0.2) is 0 Å². The summed E-state index contributed by atoms with van der Waals surface area (Å²) in [6, 6.07) is 72.9. The topological polar surface area (TPSA) is 0 Å². The van der Waals surface area contributed by atoms with Crippen LogP contribution in [-0.2, 0) is 5.41 Å². The van der Waals surface area contributed by atoms with E-state index >= 15 is 0 Å². The molecule has 0 nitrogen and oxygen atoms in total. The molecule has 0 N–H and O–H groups in total. The van der Waals surface area contributed by atoms with Gasteiger partial charge in [0.1, 0.15) is 0 Å². The van der Waals surface area contributed by atoms with Crippen LogP contribution >= 0.6 is 11.3 Å². The maximum absolute atomic E-state index is 2.47. The van der Waals surface area contributed by atoms with Gasteiger partial charge in [-0.15, -0.1) is 11.3 Å². The first kappa shape index (κ1) is 33.9. The van der Waals surface area contributed by atoms with Crippen molar-refractivity contribution in [2.75, 3.05) is 0 Å². The van der Waals surface area contributed by atoms with Gasteiger partial charge in [-0.3, -0.25) is 0 Å². The van der Waals surface area contributed by atoms with Gasteiger partial charge in [-0.25, -0.2) is 0 Å². The van der Waals surface area contributed by atoms with Crippen LogP contribution in [0, 0.1) is 0 Å². The molecule has 11 aromatic carbocycles. The largest absolute Gasteiger partial charge is 0.135 e. The van der Waals surface area contributed by atoms with E-state index in [0.717, 1.165) is 0 Å². The SMILES string of the molecule is CC1(C)c2ccccc2-c2ccc3sc4cc(-c5ccc6cc(-c7c8ccccc8c(-c8ccc9ccccc9c8)c8ccccc78)ccc6c5)c5ccccc5c4c3c21. The third kappa shape index (κ3) is 4.73. The fourth-order valence-corrected chi connectivity index (χ4v) is 12.1. The average molecular weight is 779 g/mol. The van der Waals surface area contributed by atoms with Crippen molar-refractivity contribution in [1.82, 2.24) is 0 Å². The fraction of sp³-hybridized carbons (Fsp3) is 0.0508. The summed E-state index contributed by atoms with van der Waals surface area (Å²) < 4.78 is 2.71. The zero-order valence-electron chi connectivity index (χ0n) is 33.4. The number of hydrogen-bond acceptors (Lipinski definition) is 1. The zero-order chi connectivity index (χ0) is 39.7. The second kappa shape index (κ2) is 12.5. The third-order valence-corrected chi connectivity index (χ3v) is 14.7. The summed E-state index contributed by atoms with van der Waals surface area (Å²) in [6.45, 7) is 4.81. The molecular weight excluding hydrogens is 741 g/mol. The summed E-state index contributed by atoms with van der Waals surface area (Å²) in [6.07, 6.45) is 0. The molecule has 280 valence electrons. The second-order valence-electron chi connectivity index (χ2n) is 17.2. The Labute approximate surface area is 352 Å². The molecule has 0 saturated carbocycles. The van der Waals surface area contributed by atoms with Crippen LogP contribution < -0.4 is 0 Å². The Kier molecular flexibility index (Phi) is 7.04. The first-order valence-corrected chi connectivity index (χ1v) is 21.8. The summed E-state index contributed by atoms with van der Waals surface area (Å²) >= 11 is 1.94. The quantitative estimate of drug-likeness (QED) is 0.157. The molecular formula is C59H38S. The predicted molar refractivity (Wildman–Crippen MR) is 261 cm³/mol. The van der Waals surface area contributed by atoms with Crippen LogP contribution in [0.15, 0.2) is 194 Å². The Morgan fingerprint density at radius 2 is 0.833 bits per heavy atom. The van der Waals surface area contributed by atoms with Crippen LogP contribution in [0.2, 0.25) is 0 Å². The van der Waals surface area contributed by atoms with Gasteiger partial charge in [0.2, 0.25) is 0 Å². The minimum absolute atomic E-state index is 0.0751. The summed E-state index contributed by atoms with van der Waals surface area (Å²) in [7, 11) is 0. The Balaban J connectivity index is 0.973. The van der Waals surface area contributed by atoms with Crippen molar-refractivity contribution >= 4 is 85.4 Å². The van der Waals surface area contributed by atoms with E-state index in [0.29, 0.717) is 0 Å². The smallest absolute Gasteiger partial charge is 0.0368 e. The van der Waals surface area contributed by atoms with E-state index in [1.807, 2.05) is 11.3 Å². The van der Waals surface area contributed by atoms with Crippen LogP contribution in [-0.4, -0.2) is 0 Å². The highest BCUT2D eigenvalue weighted by Gasteiger charge is 2.37. The van der Waals surface area contributed by atoms with E-state index in [2.05, 4.69) is 208 Å². The summed E-state index contributed by atoms with van der Waals surface area (Å²) in [5, 5.41) is 15.6. The van der Waals surface area contributed by atoms with Gasteiger partial charge >= 0.3 is 0 Å². The zero-order valence-corrected chi connectivity index (χ0v) is 34.2. The molecule has 1 aliphatic carbocycles. The van der Waals surface area contributed by atoms with Gasteiger partial charge in [-0.1, -0.05) is 178 Å². The second-order valence-corrected chi connectivity index (χ2v) is 18.2. The first-order valence-electron chi connectivity index (χ1n) is 21.0. The van der Waals surface area contributed by atoms with Gasteiger partial charge in [0.05, 0.1) is 0 Å². The Morgan fingerprint density at radius 1 is 0.333 bits per heavy atom. The van der Waals surface area contributed by atoms with Gasteiger partial charge < -0.3 is 0 Å². The van der Waals surface area contributed by atoms with Crippen molar-refractivity contribution in [2.24, 2.45) is 0 Å². The lowest BCUT2D eigenvalue weighted by molar-refractivity contribution is 0.667. The standard InChI is InChI=1S/C59H38S/c1-59(2)51-22-12-11-16-43(51)49-29-30-52-57(58(49)59)56-44-17-6-5-15-42(44)50(34-53(56)60-52)39-26-24-38-33-41(28-25-37(38)31-39)55-47-20-9-7-18-45(47)54(46-19-8-10-21-48(46)55)40-27-23-35-13-3-4-14-36(35)32-40/h3-34H,1-2H3. The monoisotopic (exact) mass is 778 g/mol. The summed E-state index contributed by atoms with van der Waals surface area (Å²) in [4.78, 5) is 0. The summed E-state index contributed by atoms with van der Waals surface area (Å²) in [5.41, 5.74) is 13.2. The molecule has 0 saturated heterocycles. The molecule has 0 unspecified atom stereocenters. The van der Waals surface area contributed by atoms with Crippen molar-refractivity contribution in [3.63, 3.8) is 0 Å². The lowest BCUT2D eigenvalue weighted by Gasteiger charge is -2.22. The molecule has 0 radical (unpaired) electrons. The van der Waals surface area contributed by atoms with Crippen molar-refractivity contribution in [1.29, 1.82) is 0 Å². The number of thiophene rings is 1. The van der Waals surface area contributed by atoms with E-state index in [9.17, 15) is 0 Å². The predicted octanol–water partition coefficient (Wildman–Crippen LogP) is 17.1. The van der Waals surface area contributed by atoms with E-state index in [1.165, 1.54) is 130 Å². The molecule has 0 atom stereocenters. The van der Waals surface area contributed by atoms with Gasteiger partial charge in [-0.05, 0) is 140 Å². The highest BCUT2D eigenvalue weighted by Crippen LogP contribution is 2.55. The van der Waals surface area contributed by atoms with Crippen LogP contribution in [0.5, 0.6) is 0 Å². The fourth-order valence-electron chi connectivity index (χ4n) is 10.9. The van der Waals surface area contributed by atoms with Crippen LogP contribution in [0.25, 0.3) is 119 Å².